The second-order valence-corrected chi connectivity index (χ2v) is 3.87. The molecule has 0 aromatic heterocycles. The van der Waals surface area contributed by atoms with Crippen LogP contribution in [0.15, 0.2) is 12.2 Å². The van der Waals surface area contributed by atoms with Crippen molar-refractivity contribution < 1.29 is 23.8 Å². The average molecular weight is 258 g/mol. The zero-order valence-electron chi connectivity index (χ0n) is 10.4. The largest absolute Gasteiger partial charge is 0.448 e. The number of carbonyl (C=O) groups excluding carboxylic acids is 2. The van der Waals surface area contributed by atoms with Gasteiger partial charge in [0.05, 0.1) is 25.8 Å². The highest BCUT2D eigenvalue weighted by molar-refractivity contribution is 5.92. The minimum absolute atomic E-state index is 0.0965. The molecule has 2 N–H and O–H groups in total. The van der Waals surface area contributed by atoms with E-state index in [2.05, 4.69) is 17.2 Å². The summed E-state index contributed by atoms with van der Waals surface area (Å²) in [5.41, 5.74) is 0.413. The van der Waals surface area contributed by atoms with Gasteiger partial charge in [-0.15, -0.1) is 0 Å². The van der Waals surface area contributed by atoms with Crippen LogP contribution in [0, 0.1) is 0 Å². The van der Waals surface area contributed by atoms with Crippen LogP contribution in [-0.2, 0) is 19.0 Å². The lowest BCUT2D eigenvalue weighted by Gasteiger charge is -2.22. The molecule has 102 valence electrons. The summed E-state index contributed by atoms with van der Waals surface area (Å²) in [7, 11) is 0. The van der Waals surface area contributed by atoms with E-state index in [0.717, 1.165) is 0 Å². The van der Waals surface area contributed by atoms with Crippen LogP contribution in [0.2, 0.25) is 0 Å². The van der Waals surface area contributed by atoms with E-state index >= 15 is 0 Å². The summed E-state index contributed by atoms with van der Waals surface area (Å²) >= 11 is 0. The Morgan fingerprint density at radius 3 is 2.67 bits per heavy atom. The quantitative estimate of drug-likeness (QED) is 0.526. The van der Waals surface area contributed by atoms with Crippen LogP contribution in [-0.4, -0.2) is 51.2 Å². The first-order valence-electron chi connectivity index (χ1n) is 5.62. The van der Waals surface area contributed by atoms with Gasteiger partial charge in [-0.25, -0.2) is 4.79 Å². The van der Waals surface area contributed by atoms with Crippen molar-refractivity contribution in [2.45, 2.75) is 13.0 Å². The molecule has 1 aliphatic rings. The number of ether oxygens (including phenoxy) is 3. The molecule has 1 heterocycles. The number of hydrogen-bond acceptors (Lipinski definition) is 5. The lowest BCUT2D eigenvalue weighted by molar-refractivity contribution is -0.117. The van der Waals surface area contributed by atoms with E-state index < -0.39 is 6.09 Å². The topological polar surface area (TPSA) is 85.9 Å². The molecule has 0 aliphatic carbocycles. The van der Waals surface area contributed by atoms with Crippen molar-refractivity contribution in [2.24, 2.45) is 0 Å². The third kappa shape index (κ3) is 5.65. The summed E-state index contributed by atoms with van der Waals surface area (Å²) in [6.07, 6.45) is -0.557. The lowest BCUT2D eigenvalue weighted by atomic mass is 10.3. The molecule has 1 saturated heterocycles. The van der Waals surface area contributed by atoms with Crippen LogP contribution < -0.4 is 10.6 Å². The van der Waals surface area contributed by atoms with E-state index in [-0.39, 0.29) is 31.9 Å². The fraction of sp³-hybridized carbons (Fsp3) is 0.636. The molecule has 0 saturated carbocycles. The van der Waals surface area contributed by atoms with Crippen LogP contribution in [0.4, 0.5) is 4.79 Å². The van der Waals surface area contributed by atoms with Crippen molar-refractivity contribution in [1.82, 2.24) is 10.6 Å². The van der Waals surface area contributed by atoms with Gasteiger partial charge in [-0.1, -0.05) is 6.58 Å². The third-order valence-electron chi connectivity index (χ3n) is 2.14. The van der Waals surface area contributed by atoms with Crippen molar-refractivity contribution in [3.8, 4) is 0 Å². The molecule has 0 atom stereocenters. The van der Waals surface area contributed by atoms with E-state index in [1.165, 1.54) is 0 Å². The third-order valence-corrected chi connectivity index (χ3v) is 2.14. The Morgan fingerprint density at radius 1 is 1.39 bits per heavy atom. The summed E-state index contributed by atoms with van der Waals surface area (Å²) < 4.78 is 14.9. The van der Waals surface area contributed by atoms with Crippen molar-refractivity contribution in [3.05, 3.63) is 12.2 Å². The maximum Gasteiger partial charge on any atom is 0.407 e. The highest BCUT2D eigenvalue weighted by Crippen LogP contribution is 1.96. The molecule has 0 aromatic carbocycles. The Balaban J connectivity index is 2.06. The first-order valence-corrected chi connectivity index (χ1v) is 5.62. The second-order valence-electron chi connectivity index (χ2n) is 3.87. The molecular weight excluding hydrogens is 240 g/mol. The average Bonchev–Trinajstić information content (AvgIpc) is 2.35. The van der Waals surface area contributed by atoms with E-state index in [4.69, 9.17) is 14.2 Å². The summed E-state index contributed by atoms with van der Waals surface area (Å²) in [5, 5.41) is 5.14. The standard InChI is InChI=1S/C11H18N2O5/c1-8(2)10(14)12-3-4-18-11(15)13-9-5-16-7-17-6-9/h9H,1,3-7H2,2H3,(H,12,14)(H,13,15). The Hall–Kier alpha value is -1.60. The summed E-state index contributed by atoms with van der Waals surface area (Å²) in [6, 6.07) is -0.198. The van der Waals surface area contributed by atoms with E-state index in [9.17, 15) is 9.59 Å². The number of alkyl carbamates (subject to hydrolysis) is 1. The van der Waals surface area contributed by atoms with Crippen LogP contribution in [0.1, 0.15) is 6.92 Å². The molecule has 0 radical (unpaired) electrons. The predicted octanol–water partition coefficient (Wildman–Crippen LogP) is -0.222. The number of amides is 2. The summed E-state index contributed by atoms with van der Waals surface area (Å²) in [6.45, 7) is 6.49. The first kappa shape index (κ1) is 14.5. The Kier molecular flexibility index (Phi) is 6.16. The van der Waals surface area contributed by atoms with E-state index in [0.29, 0.717) is 18.8 Å². The fourth-order valence-corrected chi connectivity index (χ4v) is 1.24. The van der Waals surface area contributed by atoms with Crippen molar-refractivity contribution in [2.75, 3.05) is 33.2 Å². The van der Waals surface area contributed by atoms with Crippen molar-refractivity contribution in [1.29, 1.82) is 0 Å². The van der Waals surface area contributed by atoms with Crippen LogP contribution in [0.5, 0.6) is 0 Å². The minimum atomic E-state index is -0.557. The SMILES string of the molecule is C=C(C)C(=O)NCCOC(=O)NC1COCOC1. The van der Waals surface area contributed by atoms with Crippen LogP contribution in [0.3, 0.4) is 0 Å². The zero-order valence-corrected chi connectivity index (χ0v) is 10.4. The van der Waals surface area contributed by atoms with Gasteiger partial charge in [-0.3, -0.25) is 4.79 Å². The zero-order chi connectivity index (χ0) is 13.4. The first-order chi connectivity index (χ1) is 8.59. The normalized spacial score (nSPS) is 15.8. The minimum Gasteiger partial charge on any atom is -0.448 e. The Bertz CT molecular complexity index is 313. The molecule has 0 unspecified atom stereocenters. The predicted molar refractivity (Wildman–Crippen MR) is 62.9 cm³/mol. The summed E-state index contributed by atoms with van der Waals surface area (Å²) in [4.78, 5) is 22.4. The van der Waals surface area contributed by atoms with Gasteiger partial charge in [0.1, 0.15) is 13.4 Å². The highest BCUT2D eigenvalue weighted by atomic mass is 16.7. The molecule has 18 heavy (non-hydrogen) atoms. The van der Waals surface area contributed by atoms with Crippen molar-refractivity contribution >= 4 is 12.0 Å². The lowest BCUT2D eigenvalue weighted by Crippen LogP contribution is -2.45. The molecule has 2 amide bonds. The second kappa shape index (κ2) is 7.67. The number of nitrogens with one attached hydrogen (secondary N) is 2. The van der Waals surface area contributed by atoms with E-state index in [1.807, 2.05) is 0 Å². The summed E-state index contributed by atoms with van der Waals surface area (Å²) in [5.74, 6) is -0.256. The van der Waals surface area contributed by atoms with Gasteiger partial charge in [0.15, 0.2) is 0 Å². The van der Waals surface area contributed by atoms with Gasteiger partial charge < -0.3 is 24.8 Å². The van der Waals surface area contributed by atoms with Gasteiger partial charge in [0.2, 0.25) is 5.91 Å². The van der Waals surface area contributed by atoms with Crippen LogP contribution in [0.25, 0.3) is 0 Å². The fourth-order valence-electron chi connectivity index (χ4n) is 1.24. The van der Waals surface area contributed by atoms with Crippen LogP contribution >= 0.6 is 0 Å². The number of hydrogen-bond donors (Lipinski definition) is 2. The number of rotatable bonds is 5. The molecule has 7 heteroatoms. The van der Waals surface area contributed by atoms with E-state index in [1.54, 1.807) is 6.92 Å². The Labute approximate surface area is 105 Å². The molecular formula is C11H18N2O5. The van der Waals surface area contributed by atoms with Gasteiger partial charge in [-0.05, 0) is 6.92 Å². The highest BCUT2D eigenvalue weighted by Gasteiger charge is 2.17. The molecule has 1 rings (SSSR count). The molecule has 0 aromatic rings. The van der Waals surface area contributed by atoms with Crippen molar-refractivity contribution in [3.63, 3.8) is 0 Å². The molecule has 1 fully saturated rings. The molecule has 7 nitrogen and oxygen atoms in total. The van der Waals surface area contributed by atoms with Gasteiger partial charge >= 0.3 is 6.09 Å². The smallest absolute Gasteiger partial charge is 0.407 e. The molecule has 1 aliphatic heterocycles. The van der Waals surface area contributed by atoms with Gasteiger partial charge in [-0.2, -0.15) is 0 Å². The van der Waals surface area contributed by atoms with Gasteiger partial charge in [0, 0.05) is 5.57 Å². The maximum atomic E-state index is 11.3. The van der Waals surface area contributed by atoms with Gasteiger partial charge in [0.25, 0.3) is 0 Å². The Morgan fingerprint density at radius 2 is 2.06 bits per heavy atom. The molecule has 0 bridgehead atoms. The molecule has 0 spiro atoms. The maximum absolute atomic E-state index is 11.3. The number of carbonyl (C=O) groups is 2. The monoisotopic (exact) mass is 258 g/mol.